The fraction of sp³-hybridized carbons (Fsp3) is 0.346. The fourth-order valence-corrected chi connectivity index (χ4v) is 5.56. The van der Waals surface area contributed by atoms with Gasteiger partial charge in [-0.1, -0.05) is 62.4 Å². The molecule has 0 saturated carbocycles. The molecular weight excluding hydrogens is 452 g/mol. The van der Waals surface area contributed by atoms with Gasteiger partial charge in [0.2, 0.25) is 0 Å². The Morgan fingerprint density at radius 1 is 1.12 bits per heavy atom. The molecule has 0 radical (unpaired) electrons. The van der Waals surface area contributed by atoms with Gasteiger partial charge in [0.1, 0.15) is 17.7 Å². The molecule has 2 atom stereocenters. The molecule has 0 unspecified atom stereocenters. The van der Waals surface area contributed by atoms with Gasteiger partial charge in [-0.05, 0) is 28.2 Å². The molecule has 1 aliphatic heterocycles. The largest absolute Gasteiger partial charge is 0.464 e. The van der Waals surface area contributed by atoms with Crippen molar-refractivity contribution >= 4 is 23.4 Å². The van der Waals surface area contributed by atoms with Crippen molar-refractivity contribution in [3.05, 3.63) is 75.7 Å². The number of amides is 1. The van der Waals surface area contributed by atoms with Gasteiger partial charge in [0.05, 0.1) is 13.2 Å². The van der Waals surface area contributed by atoms with Crippen molar-refractivity contribution in [1.29, 1.82) is 0 Å². The zero-order valence-corrected chi connectivity index (χ0v) is 20.1. The molecule has 3 aromatic rings. The number of fused-ring (bicyclic) bond motifs is 3. The normalized spacial score (nSPS) is 19.2. The van der Waals surface area contributed by atoms with E-state index in [1.807, 2.05) is 38.1 Å². The molecule has 8 heteroatoms. The number of carbonyl (C=O) groups is 2. The minimum absolute atomic E-state index is 0.0196. The maximum atomic E-state index is 13.2. The average Bonchev–Trinajstić information content (AvgIpc) is 3.58. The van der Waals surface area contributed by atoms with E-state index in [-0.39, 0.29) is 30.2 Å². The molecule has 1 aliphatic carbocycles. The van der Waals surface area contributed by atoms with Gasteiger partial charge >= 0.3 is 12.1 Å². The van der Waals surface area contributed by atoms with Crippen LogP contribution in [0.15, 0.2) is 53.9 Å². The summed E-state index contributed by atoms with van der Waals surface area (Å²) in [4.78, 5) is 35.3. The first-order chi connectivity index (χ1) is 16.5. The van der Waals surface area contributed by atoms with Crippen LogP contribution in [-0.4, -0.2) is 41.9 Å². The Hall–Kier alpha value is -3.23. The number of benzene rings is 2. The third-order valence-corrected chi connectivity index (χ3v) is 7.41. The van der Waals surface area contributed by atoms with E-state index in [0.29, 0.717) is 11.4 Å². The quantitative estimate of drug-likeness (QED) is 0.446. The summed E-state index contributed by atoms with van der Waals surface area (Å²) in [5, 5.41) is 3.63. The molecule has 2 heterocycles. The average molecular weight is 479 g/mol. The Labute approximate surface area is 202 Å². The van der Waals surface area contributed by atoms with Crippen molar-refractivity contribution in [2.45, 2.75) is 38.3 Å². The highest BCUT2D eigenvalue weighted by Gasteiger charge is 2.42. The molecule has 0 spiro atoms. The summed E-state index contributed by atoms with van der Waals surface area (Å²) in [5.41, 5.74) is 4.93. The minimum Gasteiger partial charge on any atom is -0.464 e. The SMILES string of the molecule is COC(=O)c1csc([C@H]2C[C@H](C(C)C)N(C(=O)OCC3c4ccccc4-c4ccccc43)O2)n1. The first kappa shape index (κ1) is 22.6. The molecule has 5 rings (SSSR count). The lowest BCUT2D eigenvalue weighted by molar-refractivity contribution is -0.146. The summed E-state index contributed by atoms with van der Waals surface area (Å²) in [6, 6.07) is 16.3. The van der Waals surface area contributed by atoms with Crippen LogP contribution in [0.3, 0.4) is 0 Å². The van der Waals surface area contributed by atoms with Gasteiger partial charge in [-0.3, -0.25) is 4.84 Å². The lowest BCUT2D eigenvalue weighted by Crippen LogP contribution is -2.38. The molecule has 1 aromatic heterocycles. The smallest absolute Gasteiger partial charge is 0.434 e. The van der Waals surface area contributed by atoms with Crippen molar-refractivity contribution in [3.63, 3.8) is 0 Å². The van der Waals surface area contributed by atoms with Crippen LogP contribution in [-0.2, 0) is 14.3 Å². The van der Waals surface area contributed by atoms with Crippen molar-refractivity contribution < 1.29 is 23.9 Å². The summed E-state index contributed by atoms with van der Waals surface area (Å²) >= 11 is 1.32. The number of aromatic nitrogens is 1. The zero-order chi connectivity index (χ0) is 23.8. The number of carbonyl (C=O) groups excluding carboxylic acids is 2. The third kappa shape index (κ3) is 3.97. The van der Waals surface area contributed by atoms with E-state index < -0.39 is 18.2 Å². The molecule has 0 bridgehead atoms. The molecule has 0 N–H and O–H groups in total. The summed E-state index contributed by atoms with van der Waals surface area (Å²) < 4.78 is 10.6. The Balaban J connectivity index is 1.31. The molecular formula is C26H26N2O5S. The van der Waals surface area contributed by atoms with E-state index in [1.54, 1.807) is 5.38 Å². The predicted octanol–water partition coefficient (Wildman–Crippen LogP) is 5.58. The number of thiazole rings is 1. The van der Waals surface area contributed by atoms with Crippen LogP contribution in [0.2, 0.25) is 0 Å². The van der Waals surface area contributed by atoms with Gasteiger partial charge < -0.3 is 9.47 Å². The Bertz CT molecular complexity index is 1180. The second kappa shape index (κ2) is 9.19. The highest BCUT2D eigenvalue weighted by Crippen LogP contribution is 2.45. The first-order valence-electron chi connectivity index (χ1n) is 11.3. The molecule has 2 aliphatic rings. The van der Waals surface area contributed by atoms with E-state index >= 15 is 0 Å². The second-order valence-electron chi connectivity index (χ2n) is 8.83. The zero-order valence-electron chi connectivity index (χ0n) is 19.3. The number of nitrogens with zero attached hydrogens (tertiary/aromatic N) is 2. The number of ether oxygens (including phenoxy) is 2. The van der Waals surface area contributed by atoms with Crippen LogP contribution in [0.4, 0.5) is 4.79 Å². The second-order valence-corrected chi connectivity index (χ2v) is 9.72. The summed E-state index contributed by atoms with van der Waals surface area (Å²) in [6.07, 6.45) is -0.347. The Morgan fingerprint density at radius 2 is 1.76 bits per heavy atom. The topological polar surface area (TPSA) is 78.0 Å². The molecule has 1 amide bonds. The molecule has 2 aromatic carbocycles. The van der Waals surface area contributed by atoms with E-state index in [4.69, 9.17) is 14.3 Å². The van der Waals surface area contributed by atoms with Crippen LogP contribution in [0.5, 0.6) is 0 Å². The van der Waals surface area contributed by atoms with E-state index in [1.165, 1.54) is 34.6 Å². The molecule has 1 fully saturated rings. The fourth-order valence-electron chi connectivity index (χ4n) is 4.73. The van der Waals surface area contributed by atoms with Gasteiger partial charge in [-0.15, -0.1) is 11.3 Å². The number of esters is 1. The Morgan fingerprint density at radius 3 is 2.38 bits per heavy atom. The highest BCUT2D eigenvalue weighted by atomic mass is 32.1. The van der Waals surface area contributed by atoms with Crippen LogP contribution < -0.4 is 0 Å². The molecule has 1 saturated heterocycles. The summed E-state index contributed by atoms with van der Waals surface area (Å²) in [6.45, 7) is 4.32. The predicted molar refractivity (Wildman–Crippen MR) is 127 cm³/mol. The minimum atomic E-state index is -0.507. The number of methoxy groups -OCH3 is 1. The van der Waals surface area contributed by atoms with Crippen LogP contribution in [0, 0.1) is 5.92 Å². The standard InChI is InChI=1S/C26H26N2O5S/c1-15(2)22-12-23(24-27-21(14-34-24)25(29)31-3)33-28(22)26(30)32-13-20-18-10-6-4-8-16(18)17-9-5-7-11-19(17)20/h4-11,14-15,20,22-23H,12-13H2,1-3H3/t22-,23-/m1/s1. The van der Waals surface area contributed by atoms with E-state index in [0.717, 1.165) is 11.1 Å². The van der Waals surface area contributed by atoms with Gasteiger partial charge in [0.25, 0.3) is 0 Å². The van der Waals surface area contributed by atoms with Crippen molar-refractivity contribution in [2.75, 3.05) is 13.7 Å². The first-order valence-corrected chi connectivity index (χ1v) is 12.2. The monoisotopic (exact) mass is 478 g/mol. The maximum absolute atomic E-state index is 13.2. The Kier molecular flexibility index (Phi) is 6.10. The van der Waals surface area contributed by atoms with Gasteiger partial charge in [0.15, 0.2) is 5.69 Å². The van der Waals surface area contributed by atoms with Gasteiger partial charge in [-0.25, -0.2) is 14.6 Å². The number of hydrogen-bond donors (Lipinski definition) is 0. The van der Waals surface area contributed by atoms with Crippen LogP contribution in [0.25, 0.3) is 11.1 Å². The van der Waals surface area contributed by atoms with Gasteiger partial charge in [0, 0.05) is 17.7 Å². The number of hydroxylamine groups is 2. The van der Waals surface area contributed by atoms with Crippen molar-refractivity contribution in [1.82, 2.24) is 10.0 Å². The summed E-state index contributed by atoms with van der Waals surface area (Å²) in [7, 11) is 1.32. The molecule has 7 nitrogen and oxygen atoms in total. The molecule has 34 heavy (non-hydrogen) atoms. The number of rotatable bonds is 5. The maximum Gasteiger partial charge on any atom is 0.434 e. The van der Waals surface area contributed by atoms with Gasteiger partial charge in [-0.2, -0.15) is 5.06 Å². The lowest BCUT2D eigenvalue weighted by atomic mass is 9.98. The van der Waals surface area contributed by atoms with Crippen molar-refractivity contribution in [3.8, 4) is 11.1 Å². The van der Waals surface area contributed by atoms with E-state index in [2.05, 4.69) is 29.2 Å². The van der Waals surface area contributed by atoms with Crippen LogP contribution in [0.1, 0.15) is 58.9 Å². The molecule has 176 valence electrons. The highest BCUT2D eigenvalue weighted by molar-refractivity contribution is 7.09. The lowest BCUT2D eigenvalue weighted by Gasteiger charge is -2.25. The number of hydrogen-bond acceptors (Lipinski definition) is 7. The summed E-state index contributed by atoms with van der Waals surface area (Å²) in [5.74, 6) is -0.353. The van der Waals surface area contributed by atoms with Crippen LogP contribution >= 0.6 is 11.3 Å². The van der Waals surface area contributed by atoms with E-state index in [9.17, 15) is 9.59 Å². The third-order valence-electron chi connectivity index (χ3n) is 6.48. The van der Waals surface area contributed by atoms with Crippen molar-refractivity contribution in [2.24, 2.45) is 5.92 Å².